The van der Waals surface area contributed by atoms with Crippen molar-refractivity contribution in [1.29, 1.82) is 0 Å². The summed E-state index contributed by atoms with van der Waals surface area (Å²) in [6, 6.07) is 4.07. The Morgan fingerprint density at radius 2 is 1.78 bits per heavy atom. The van der Waals surface area contributed by atoms with Crippen LogP contribution in [0.1, 0.15) is 25.3 Å². The van der Waals surface area contributed by atoms with Crippen molar-refractivity contribution in [3.05, 3.63) is 29.8 Å². The van der Waals surface area contributed by atoms with Crippen molar-refractivity contribution in [3.8, 4) is 0 Å². The molecule has 1 aromatic carbocycles. The topological polar surface area (TPSA) is 40.6 Å². The Morgan fingerprint density at radius 3 is 2.30 bits per heavy atom. The van der Waals surface area contributed by atoms with Gasteiger partial charge in [0.25, 0.3) is 0 Å². The standard InChI is InChI=1S/C15H21F3N2O2S/c1-3-20-10-8-12(9-11-20)19(2)23(21,22)14-7-5-4-6-13(14)15(16,17)18/h4-7,12H,3,8-11H2,1-2H3. The number of alkyl halides is 3. The lowest BCUT2D eigenvalue weighted by atomic mass is 10.1. The molecular weight excluding hydrogens is 329 g/mol. The molecule has 4 nitrogen and oxygen atoms in total. The Hall–Kier alpha value is -1.12. The average Bonchev–Trinajstić information content (AvgIpc) is 2.53. The Morgan fingerprint density at radius 1 is 1.22 bits per heavy atom. The maximum absolute atomic E-state index is 13.1. The Bertz CT molecular complexity index is 638. The lowest BCUT2D eigenvalue weighted by Crippen LogP contribution is -2.45. The van der Waals surface area contributed by atoms with Crippen LogP contribution in [0, 0.1) is 0 Å². The van der Waals surface area contributed by atoms with E-state index in [0.29, 0.717) is 12.8 Å². The Kier molecular flexibility index (Phi) is 5.37. The van der Waals surface area contributed by atoms with Crippen LogP contribution in [0.25, 0.3) is 0 Å². The van der Waals surface area contributed by atoms with E-state index >= 15 is 0 Å². The molecule has 0 N–H and O–H groups in total. The van der Waals surface area contributed by atoms with Gasteiger partial charge in [0.15, 0.2) is 0 Å². The molecule has 1 heterocycles. The zero-order valence-corrected chi connectivity index (χ0v) is 14.0. The van der Waals surface area contributed by atoms with Crippen molar-refractivity contribution in [3.63, 3.8) is 0 Å². The third-order valence-corrected chi connectivity index (χ3v) is 6.34. The molecule has 0 saturated carbocycles. The average molecular weight is 350 g/mol. The van der Waals surface area contributed by atoms with E-state index in [9.17, 15) is 21.6 Å². The molecule has 1 fully saturated rings. The van der Waals surface area contributed by atoms with E-state index in [-0.39, 0.29) is 6.04 Å². The van der Waals surface area contributed by atoms with Crippen molar-refractivity contribution in [1.82, 2.24) is 9.21 Å². The first-order valence-corrected chi connectivity index (χ1v) is 8.98. The highest BCUT2D eigenvalue weighted by Gasteiger charge is 2.39. The SMILES string of the molecule is CCN1CCC(N(C)S(=O)(=O)c2ccccc2C(F)(F)F)CC1. The van der Waals surface area contributed by atoms with Gasteiger partial charge in [0, 0.05) is 13.1 Å². The van der Waals surface area contributed by atoms with Gasteiger partial charge in [0.05, 0.1) is 10.5 Å². The van der Waals surface area contributed by atoms with Crippen LogP contribution in [-0.2, 0) is 16.2 Å². The van der Waals surface area contributed by atoms with E-state index < -0.39 is 26.7 Å². The first-order chi connectivity index (χ1) is 10.7. The molecule has 0 spiro atoms. The molecule has 0 radical (unpaired) electrons. The second-order valence-corrected chi connectivity index (χ2v) is 7.65. The number of piperidine rings is 1. The Balaban J connectivity index is 2.29. The summed E-state index contributed by atoms with van der Waals surface area (Å²) in [5.41, 5.74) is -1.11. The van der Waals surface area contributed by atoms with Gasteiger partial charge in [0.1, 0.15) is 0 Å². The van der Waals surface area contributed by atoms with Gasteiger partial charge >= 0.3 is 6.18 Å². The van der Waals surface area contributed by atoms with E-state index in [0.717, 1.165) is 36.1 Å². The van der Waals surface area contributed by atoms with Crippen molar-refractivity contribution in [2.75, 3.05) is 26.7 Å². The van der Waals surface area contributed by atoms with Crippen LogP contribution in [0.3, 0.4) is 0 Å². The molecule has 0 unspecified atom stereocenters. The van der Waals surface area contributed by atoms with Crippen LogP contribution in [-0.4, -0.2) is 50.3 Å². The largest absolute Gasteiger partial charge is 0.417 e. The number of benzene rings is 1. The maximum atomic E-state index is 13.1. The maximum Gasteiger partial charge on any atom is 0.417 e. The van der Waals surface area contributed by atoms with E-state index in [1.807, 2.05) is 6.92 Å². The molecule has 0 amide bonds. The number of likely N-dealkylation sites (tertiary alicyclic amines) is 1. The van der Waals surface area contributed by atoms with E-state index in [1.165, 1.54) is 19.2 Å². The van der Waals surface area contributed by atoms with Gasteiger partial charge < -0.3 is 4.90 Å². The normalized spacial score (nSPS) is 18.5. The minimum absolute atomic E-state index is 0.274. The second kappa shape index (κ2) is 6.78. The van der Waals surface area contributed by atoms with Gasteiger partial charge in [-0.05, 0) is 44.6 Å². The molecule has 0 bridgehead atoms. The van der Waals surface area contributed by atoms with Crippen LogP contribution in [0.15, 0.2) is 29.2 Å². The van der Waals surface area contributed by atoms with E-state index in [1.54, 1.807) is 0 Å². The van der Waals surface area contributed by atoms with Gasteiger partial charge in [-0.3, -0.25) is 0 Å². The van der Waals surface area contributed by atoms with E-state index in [2.05, 4.69) is 4.90 Å². The summed E-state index contributed by atoms with van der Waals surface area (Å²) in [5, 5.41) is 0. The number of rotatable bonds is 4. The summed E-state index contributed by atoms with van der Waals surface area (Å²) in [4.78, 5) is 1.52. The number of hydrogen-bond acceptors (Lipinski definition) is 3. The highest BCUT2D eigenvalue weighted by Crippen LogP contribution is 2.35. The molecule has 2 rings (SSSR count). The molecular formula is C15H21F3N2O2S. The number of halogens is 3. The van der Waals surface area contributed by atoms with Crippen molar-refractivity contribution < 1.29 is 21.6 Å². The van der Waals surface area contributed by atoms with Gasteiger partial charge in [0.2, 0.25) is 10.0 Å². The fraction of sp³-hybridized carbons (Fsp3) is 0.600. The number of hydrogen-bond donors (Lipinski definition) is 0. The van der Waals surface area contributed by atoms with Gasteiger partial charge in [-0.2, -0.15) is 17.5 Å². The third-order valence-electron chi connectivity index (χ3n) is 4.37. The summed E-state index contributed by atoms with van der Waals surface area (Å²) in [5.74, 6) is 0. The van der Waals surface area contributed by atoms with Crippen LogP contribution in [0.5, 0.6) is 0 Å². The van der Waals surface area contributed by atoms with Gasteiger partial charge in [-0.1, -0.05) is 19.1 Å². The molecule has 1 saturated heterocycles. The summed E-state index contributed by atoms with van der Waals surface area (Å²) >= 11 is 0. The zero-order valence-electron chi connectivity index (χ0n) is 13.2. The summed E-state index contributed by atoms with van der Waals surface area (Å²) in [7, 11) is -2.81. The van der Waals surface area contributed by atoms with Crippen LogP contribution in [0.4, 0.5) is 13.2 Å². The Labute approximate surface area is 134 Å². The molecule has 0 atom stereocenters. The fourth-order valence-electron chi connectivity index (χ4n) is 2.88. The van der Waals surface area contributed by atoms with Crippen molar-refractivity contribution in [2.24, 2.45) is 0 Å². The first kappa shape index (κ1) is 18.2. The molecule has 1 aliphatic heterocycles. The molecule has 0 aliphatic carbocycles. The first-order valence-electron chi connectivity index (χ1n) is 7.54. The molecule has 1 aromatic rings. The lowest BCUT2D eigenvalue weighted by Gasteiger charge is -2.35. The van der Waals surface area contributed by atoms with Gasteiger partial charge in [-0.25, -0.2) is 8.42 Å². The molecule has 130 valence electrons. The number of nitrogens with zero attached hydrogens (tertiary/aromatic N) is 2. The quantitative estimate of drug-likeness (QED) is 0.838. The minimum atomic E-state index is -4.70. The highest BCUT2D eigenvalue weighted by molar-refractivity contribution is 7.89. The fourth-order valence-corrected chi connectivity index (χ4v) is 4.50. The molecule has 1 aliphatic rings. The third kappa shape index (κ3) is 3.87. The van der Waals surface area contributed by atoms with Crippen LogP contribution < -0.4 is 0 Å². The molecule has 0 aromatic heterocycles. The van der Waals surface area contributed by atoms with Crippen LogP contribution in [0.2, 0.25) is 0 Å². The second-order valence-electron chi connectivity index (χ2n) is 5.68. The summed E-state index contributed by atoms with van der Waals surface area (Å²) < 4.78 is 65.7. The monoisotopic (exact) mass is 350 g/mol. The van der Waals surface area contributed by atoms with E-state index in [4.69, 9.17) is 0 Å². The zero-order chi connectivity index (χ0) is 17.3. The van der Waals surface area contributed by atoms with Crippen molar-refractivity contribution in [2.45, 2.75) is 36.9 Å². The summed E-state index contributed by atoms with van der Waals surface area (Å²) in [6.07, 6.45) is -3.45. The number of sulfonamides is 1. The predicted molar refractivity (Wildman–Crippen MR) is 81.5 cm³/mol. The van der Waals surface area contributed by atoms with Crippen LogP contribution >= 0.6 is 0 Å². The summed E-state index contributed by atoms with van der Waals surface area (Å²) in [6.45, 7) is 4.42. The van der Waals surface area contributed by atoms with Gasteiger partial charge in [-0.15, -0.1) is 0 Å². The molecule has 23 heavy (non-hydrogen) atoms. The lowest BCUT2D eigenvalue weighted by molar-refractivity contribution is -0.139. The minimum Gasteiger partial charge on any atom is -0.303 e. The molecule has 8 heteroatoms. The smallest absolute Gasteiger partial charge is 0.303 e. The predicted octanol–water partition coefficient (Wildman–Crippen LogP) is 2.81. The van der Waals surface area contributed by atoms with Crippen molar-refractivity contribution >= 4 is 10.0 Å². The highest BCUT2D eigenvalue weighted by atomic mass is 32.2.